The normalized spacial score (nSPS) is 10.8. The lowest BCUT2D eigenvalue weighted by Gasteiger charge is -2.11. The summed E-state index contributed by atoms with van der Waals surface area (Å²) in [6.45, 7) is 2.56. The van der Waals surface area contributed by atoms with Crippen LogP contribution >= 0.6 is 15.9 Å². The molecular weight excluding hydrogens is 384 g/mol. The molecule has 0 aromatic heterocycles. The minimum absolute atomic E-state index is 0.0927. The first-order valence-corrected chi connectivity index (χ1v) is 8.86. The van der Waals surface area contributed by atoms with Gasteiger partial charge in [-0.25, -0.2) is 0 Å². The van der Waals surface area contributed by atoms with Crippen LogP contribution in [0.4, 0.5) is 0 Å². The Bertz CT molecular complexity index is 768. The van der Waals surface area contributed by atoms with Crippen molar-refractivity contribution in [2.45, 2.75) is 19.8 Å². The first-order valence-electron chi connectivity index (χ1n) is 8.07. The van der Waals surface area contributed by atoms with Crippen LogP contribution in [0.5, 0.6) is 17.2 Å². The summed E-state index contributed by atoms with van der Waals surface area (Å²) in [5.74, 6) is 0.629. The third-order valence-electron chi connectivity index (χ3n) is 3.61. The van der Waals surface area contributed by atoms with Gasteiger partial charge in [0.25, 0.3) is 0 Å². The number of halogens is 1. The number of carbonyl (C=O) groups excluding carboxylic acids is 1. The highest BCUT2D eigenvalue weighted by molar-refractivity contribution is 9.10. The van der Waals surface area contributed by atoms with E-state index in [-0.39, 0.29) is 17.1 Å². The molecule has 1 N–H and O–H groups in total. The summed E-state index contributed by atoms with van der Waals surface area (Å²) < 4.78 is 11.8. The van der Waals surface area contributed by atoms with Crippen LogP contribution in [0.15, 0.2) is 46.9 Å². The van der Waals surface area contributed by atoms with Crippen molar-refractivity contribution in [3.8, 4) is 17.2 Å². The van der Waals surface area contributed by atoms with Gasteiger partial charge in [0.1, 0.15) is 22.8 Å². The van der Waals surface area contributed by atoms with Gasteiger partial charge in [-0.2, -0.15) is 0 Å². The molecule has 132 valence electrons. The largest absolute Gasteiger partial charge is 0.507 e. The number of methoxy groups -OCH3 is 1. The van der Waals surface area contributed by atoms with E-state index in [1.165, 1.54) is 12.1 Å². The highest BCUT2D eigenvalue weighted by Crippen LogP contribution is 2.29. The van der Waals surface area contributed by atoms with Crippen LogP contribution in [0.25, 0.3) is 6.08 Å². The molecule has 0 fully saturated rings. The van der Waals surface area contributed by atoms with Crippen molar-refractivity contribution in [3.05, 3.63) is 58.1 Å². The number of ether oxygens (including phenoxy) is 2. The van der Waals surface area contributed by atoms with Gasteiger partial charge in [-0.15, -0.1) is 0 Å². The monoisotopic (exact) mass is 404 g/mol. The number of phenols is 1. The van der Waals surface area contributed by atoms with Crippen molar-refractivity contribution < 1.29 is 19.4 Å². The number of hydrogen-bond donors (Lipinski definition) is 1. The molecule has 0 bridgehead atoms. The number of hydrogen-bond acceptors (Lipinski definition) is 4. The molecule has 0 spiro atoms. The van der Waals surface area contributed by atoms with E-state index in [0.29, 0.717) is 18.1 Å². The van der Waals surface area contributed by atoms with Crippen LogP contribution < -0.4 is 9.47 Å². The number of unbranched alkanes of at least 4 members (excludes halogenated alkanes) is 1. The second-order valence-electron chi connectivity index (χ2n) is 5.44. The van der Waals surface area contributed by atoms with E-state index in [0.717, 1.165) is 22.9 Å². The average Bonchev–Trinajstić information content (AvgIpc) is 2.60. The van der Waals surface area contributed by atoms with Crippen molar-refractivity contribution in [3.63, 3.8) is 0 Å². The molecule has 2 aromatic rings. The molecule has 5 heteroatoms. The zero-order valence-corrected chi connectivity index (χ0v) is 15.9. The first-order chi connectivity index (χ1) is 12.1. The third kappa shape index (κ3) is 5.10. The van der Waals surface area contributed by atoms with Crippen LogP contribution in [0.2, 0.25) is 0 Å². The Morgan fingerprint density at radius 1 is 1.24 bits per heavy atom. The molecule has 0 atom stereocenters. The van der Waals surface area contributed by atoms with Crippen LogP contribution in [0.3, 0.4) is 0 Å². The van der Waals surface area contributed by atoms with Crippen LogP contribution in [-0.4, -0.2) is 24.6 Å². The van der Waals surface area contributed by atoms with E-state index in [1.54, 1.807) is 25.3 Å². The number of carbonyl (C=O) groups is 1. The van der Waals surface area contributed by atoms with E-state index in [4.69, 9.17) is 9.47 Å². The van der Waals surface area contributed by atoms with Crippen molar-refractivity contribution in [2.24, 2.45) is 0 Å². The zero-order chi connectivity index (χ0) is 18.2. The lowest BCUT2D eigenvalue weighted by atomic mass is 10.1. The third-order valence-corrected chi connectivity index (χ3v) is 4.11. The SMILES string of the molecule is CCCCOc1cccc(O)c1C(=O)/C=C/c1cc(Br)ccc1OC. The summed E-state index contributed by atoms with van der Waals surface area (Å²) in [6.07, 6.45) is 4.94. The minimum Gasteiger partial charge on any atom is -0.507 e. The standard InChI is InChI=1S/C20H21BrO4/c1-3-4-12-25-19-7-5-6-16(22)20(19)17(23)10-8-14-13-15(21)9-11-18(14)24-2/h5-11,13,22H,3-4,12H2,1-2H3/b10-8+. The fourth-order valence-electron chi connectivity index (χ4n) is 2.30. The van der Waals surface area contributed by atoms with Gasteiger partial charge in [-0.1, -0.05) is 35.3 Å². The number of rotatable bonds is 8. The summed E-state index contributed by atoms with van der Waals surface area (Å²) in [6, 6.07) is 10.4. The van der Waals surface area contributed by atoms with Crippen LogP contribution in [0, 0.1) is 0 Å². The molecule has 0 saturated carbocycles. The second kappa shape index (κ2) is 9.28. The predicted molar refractivity (Wildman–Crippen MR) is 103 cm³/mol. The van der Waals surface area contributed by atoms with Gasteiger partial charge < -0.3 is 14.6 Å². The van der Waals surface area contributed by atoms with Crippen molar-refractivity contribution in [2.75, 3.05) is 13.7 Å². The van der Waals surface area contributed by atoms with Crippen molar-refractivity contribution in [1.82, 2.24) is 0 Å². The van der Waals surface area contributed by atoms with Gasteiger partial charge in [0, 0.05) is 10.0 Å². The van der Waals surface area contributed by atoms with E-state index in [9.17, 15) is 9.90 Å². The zero-order valence-electron chi connectivity index (χ0n) is 14.3. The fourth-order valence-corrected chi connectivity index (χ4v) is 2.68. The van der Waals surface area contributed by atoms with E-state index < -0.39 is 0 Å². The number of aromatic hydroxyl groups is 1. The molecule has 2 aromatic carbocycles. The van der Waals surface area contributed by atoms with Gasteiger partial charge in [0.05, 0.1) is 13.7 Å². The molecule has 0 amide bonds. The van der Waals surface area contributed by atoms with Gasteiger partial charge in [0.2, 0.25) is 0 Å². The number of benzene rings is 2. The molecule has 4 nitrogen and oxygen atoms in total. The molecule has 2 rings (SSSR count). The molecule has 0 unspecified atom stereocenters. The molecule has 0 saturated heterocycles. The lowest BCUT2D eigenvalue weighted by molar-refractivity contribution is 0.104. The van der Waals surface area contributed by atoms with Gasteiger partial charge >= 0.3 is 0 Å². The second-order valence-corrected chi connectivity index (χ2v) is 6.35. The highest BCUT2D eigenvalue weighted by Gasteiger charge is 2.15. The van der Waals surface area contributed by atoms with Gasteiger partial charge in [0.15, 0.2) is 5.78 Å². The molecule has 25 heavy (non-hydrogen) atoms. The summed E-state index contributed by atoms with van der Waals surface area (Å²) >= 11 is 3.40. The first kappa shape index (κ1) is 19.1. The topological polar surface area (TPSA) is 55.8 Å². The molecule has 0 aliphatic heterocycles. The maximum absolute atomic E-state index is 12.6. The maximum Gasteiger partial charge on any atom is 0.193 e. The maximum atomic E-state index is 12.6. The Balaban J connectivity index is 2.27. The van der Waals surface area contributed by atoms with Crippen molar-refractivity contribution >= 4 is 27.8 Å². The lowest BCUT2D eigenvalue weighted by Crippen LogP contribution is -2.04. The van der Waals surface area contributed by atoms with Gasteiger partial charge in [-0.3, -0.25) is 4.79 Å². The molecule has 0 radical (unpaired) electrons. The summed E-state index contributed by atoms with van der Waals surface area (Å²) in [7, 11) is 1.57. The smallest absolute Gasteiger partial charge is 0.193 e. The van der Waals surface area contributed by atoms with E-state index in [2.05, 4.69) is 22.9 Å². The molecular formula is C20H21BrO4. The Morgan fingerprint density at radius 3 is 2.76 bits per heavy atom. The van der Waals surface area contributed by atoms with Crippen LogP contribution in [0.1, 0.15) is 35.7 Å². The van der Waals surface area contributed by atoms with Gasteiger partial charge in [-0.05, 0) is 48.9 Å². The fraction of sp³-hybridized carbons (Fsp3) is 0.250. The summed E-state index contributed by atoms with van der Waals surface area (Å²) in [4.78, 5) is 12.6. The molecule has 0 aliphatic carbocycles. The number of allylic oxidation sites excluding steroid dienone is 1. The van der Waals surface area contributed by atoms with E-state index >= 15 is 0 Å². The average molecular weight is 405 g/mol. The molecule has 0 aliphatic rings. The summed E-state index contributed by atoms with van der Waals surface area (Å²) in [5, 5.41) is 10.1. The summed E-state index contributed by atoms with van der Waals surface area (Å²) in [5.41, 5.74) is 0.929. The van der Waals surface area contributed by atoms with Crippen molar-refractivity contribution in [1.29, 1.82) is 0 Å². The Kier molecular flexibility index (Phi) is 7.07. The number of ketones is 1. The minimum atomic E-state index is -0.327. The molecule has 0 heterocycles. The number of phenolic OH excluding ortho intramolecular Hbond substituents is 1. The van der Waals surface area contributed by atoms with Crippen LogP contribution in [-0.2, 0) is 0 Å². The quantitative estimate of drug-likeness (QED) is 0.371. The Hall–Kier alpha value is -2.27. The Morgan fingerprint density at radius 2 is 2.04 bits per heavy atom. The highest BCUT2D eigenvalue weighted by atomic mass is 79.9. The van der Waals surface area contributed by atoms with E-state index in [1.807, 2.05) is 18.2 Å². The predicted octanol–water partition coefficient (Wildman–Crippen LogP) is 5.24. The Labute approximate surface area is 156 Å².